The molecule has 0 radical (unpaired) electrons. The zero-order valence-electron chi connectivity index (χ0n) is 10.5. The van der Waals surface area contributed by atoms with Gasteiger partial charge in [0.2, 0.25) is 0 Å². The van der Waals surface area contributed by atoms with Crippen LogP contribution < -0.4 is 5.32 Å². The van der Waals surface area contributed by atoms with Crippen molar-refractivity contribution in [1.29, 1.82) is 0 Å². The summed E-state index contributed by atoms with van der Waals surface area (Å²) in [6.45, 7) is 6.29. The largest absolute Gasteiger partial charge is 0.349 e. The maximum atomic E-state index is 12.0. The lowest BCUT2D eigenvalue weighted by molar-refractivity contribution is 0.0925. The third kappa shape index (κ3) is 3.70. The number of rotatable bonds is 5. The number of pyridine rings is 1. The molecule has 1 aromatic heterocycles. The van der Waals surface area contributed by atoms with Gasteiger partial charge in [0, 0.05) is 18.4 Å². The lowest BCUT2D eigenvalue weighted by Gasteiger charge is -2.22. The third-order valence-corrected chi connectivity index (χ3v) is 3.46. The minimum atomic E-state index is -0.150. The molecule has 1 heterocycles. The average molecular weight is 255 g/mol. The summed E-state index contributed by atoms with van der Waals surface area (Å²) in [5, 5.41) is 3.41. The van der Waals surface area contributed by atoms with Crippen molar-refractivity contribution in [2.75, 3.05) is 0 Å². The number of nitrogens with one attached hydrogen (secondary N) is 1. The van der Waals surface area contributed by atoms with Crippen LogP contribution in [0.15, 0.2) is 18.5 Å². The van der Waals surface area contributed by atoms with Gasteiger partial charge in [-0.15, -0.1) is 0 Å². The van der Waals surface area contributed by atoms with Crippen LogP contribution in [0.1, 0.15) is 44.0 Å². The van der Waals surface area contributed by atoms with Crippen molar-refractivity contribution in [2.24, 2.45) is 5.92 Å². The molecule has 4 heteroatoms. The number of amides is 1. The van der Waals surface area contributed by atoms with Crippen LogP contribution in [0, 0.1) is 5.92 Å². The molecule has 1 N–H and O–H groups in total. The number of carbonyl (C=O) groups is 1. The Balaban J connectivity index is 2.70. The Hall–Kier alpha value is -1.09. The van der Waals surface area contributed by atoms with E-state index in [4.69, 9.17) is 11.6 Å². The standard InChI is InChI=1S/C13H19ClN2O/c1-4-10(5-2)9(3)16-13(17)11-8-15-7-6-12(11)14/h6-10H,4-5H2,1-3H3,(H,16,17). The van der Waals surface area contributed by atoms with Gasteiger partial charge in [-0.05, 0) is 18.9 Å². The van der Waals surface area contributed by atoms with Crippen molar-refractivity contribution in [3.8, 4) is 0 Å². The summed E-state index contributed by atoms with van der Waals surface area (Å²) in [6, 6.07) is 1.77. The second-order valence-electron chi connectivity index (χ2n) is 4.19. The molecule has 17 heavy (non-hydrogen) atoms. The molecule has 1 atom stereocenters. The maximum Gasteiger partial charge on any atom is 0.254 e. The van der Waals surface area contributed by atoms with Gasteiger partial charge >= 0.3 is 0 Å². The Morgan fingerprint density at radius 3 is 2.65 bits per heavy atom. The van der Waals surface area contributed by atoms with E-state index in [-0.39, 0.29) is 11.9 Å². The molecule has 1 amide bonds. The first-order valence-corrected chi connectivity index (χ1v) is 6.38. The van der Waals surface area contributed by atoms with E-state index >= 15 is 0 Å². The molecule has 0 aliphatic rings. The van der Waals surface area contributed by atoms with Crippen LogP contribution in [0.3, 0.4) is 0 Å². The van der Waals surface area contributed by atoms with Crippen LogP contribution in [0.25, 0.3) is 0 Å². The first kappa shape index (κ1) is 14.0. The molecular weight excluding hydrogens is 236 g/mol. The molecule has 0 fully saturated rings. The molecule has 0 saturated heterocycles. The summed E-state index contributed by atoms with van der Waals surface area (Å²) in [5.41, 5.74) is 0.437. The molecule has 0 saturated carbocycles. The van der Waals surface area contributed by atoms with Gasteiger partial charge in [-0.1, -0.05) is 38.3 Å². The Bertz CT molecular complexity index is 377. The number of hydrogen-bond donors (Lipinski definition) is 1. The van der Waals surface area contributed by atoms with E-state index in [0.717, 1.165) is 12.8 Å². The molecule has 1 rings (SSSR count). The van der Waals surface area contributed by atoms with Gasteiger partial charge in [-0.3, -0.25) is 9.78 Å². The highest BCUT2D eigenvalue weighted by Crippen LogP contribution is 2.16. The maximum absolute atomic E-state index is 12.0. The van der Waals surface area contributed by atoms with E-state index in [1.807, 2.05) is 6.92 Å². The average Bonchev–Trinajstić information content (AvgIpc) is 2.31. The summed E-state index contributed by atoms with van der Waals surface area (Å²) in [6.07, 6.45) is 5.18. The summed E-state index contributed by atoms with van der Waals surface area (Å²) in [5.74, 6) is 0.344. The third-order valence-electron chi connectivity index (χ3n) is 3.13. The van der Waals surface area contributed by atoms with Gasteiger partial charge in [-0.25, -0.2) is 0 Å². The van der Waals surface area contributed by atoms with Crippen molar-refractivity contribution in [2.45, 2.75) is 39.7 Å². The Kier molecular flexibility index (Phi) is 5.42. The summed E-state index contributed by atoms with van der Waals surface area (Å²) >= 11 is 5.95. The van der Waals surface area contributed by atoms with Gasteiger partial charge in [-0.2, -0.15) is 0 Å². The minimum Gasteiger partial charge on any atom is -0.349 e. The highest BCUT2D eigenvalue weighted by molar-refractivity contribution is 6.33. The Morgan fingerprint density at radius 2 is 2.12 bits per heavy atom. The summed E-state index contributed by atoms with van der Waals surface area (Å²) in [7, 11) is 0. The predicted octanol–water partition coefficient (Wildman–Crippen LogP) is 3.29. The fourth-order valence-corrected chi connectivity index (χ4v) is 2.13. The molecule has 3 nitrogen and oxygen atoms in total. The predicted molar refractivity (Wildman–Crippen MR) is 70.2 cm³/mol. The number of nitrogens with zero attached hydrogens (tertiary/aromatic N) is 1. The normalized spacial score (nSPS) is 12.5. The lowest BCUT2D eigenvalue weighted by Crippen LogP contribution is -2.37. The van der Waals surface area contributed by atoms with Crippen LogP contribution in [-0.4, -0.2) is 16.9 Å². The van der Waals surface area contributed by atoms with Crippen molar-refractivity contribution in [1.82, 2.24) is 10.3 Å². The fraction of sp³-hybridized carbons (Fsp3) is 0.538. The highest BCUT2D eigenvalue weighted by atomic mass is 35.5. The Labute approximate surface area is 108 Å². The molecule has 1 unspecified atom stereocenters. The van der Waals surface area contributed by atoms with E-state index in [2.05, 4.69) is 24.1 Å². The van der Waals surface area contributed by atoms with Gasteiger partial charge in [0.1, 0.15) is 0 Å². The van der Waals surface area contributed by atoms with E-state index in [9.17, 15) is 4.79 Å². The molecule has 0 aliphatic carbocycles. The quantitative estimate of drug-likeness (QED) is 0.876. The van der Waals surface area contributed by atoms with Crippen LogP contribution in [0.4, 0.5) is 0 Å². The molecule has 94 valence electrons. The molecule has 0 aliphatic heterocycles. The van der Waals surface area contributed by atoms with Crippen molar-refractivity contribution in [3.05, 3.63) is 29.0 Å². The van der Waals surface area contributed by atoms with Crippen LogP contribution in [0.5, 0.6) is 0 Å². The van der Waals surface area contributed by atoms with E-state index in [1.54, 1.807) is 12.3 Å². The van der Waals surface area contributed by atoms with Crippen molar-refractivity contribution < 1.29 is 4.79 Å². The van der Waals surface area contributed by atoms with Gasteiger partial charge < -0.3 is 5.32 Å². The van der Waals surface area contributed by atoms with E-state index in [0.29, 0.717) is 16.5 Å². The highest BCUT2D eigenvalue weighted by Gasteiger charge is 2.18. The summed E-state index contributed by atoms with van der Waals surface area (Å²) in [4.78, 5) is 15.9. The van der Waals surface area contributed by atoms with Gasteiger partial charge in [0.15, 0.2) is 0 Å². The first-order chi connectivity index (χ1) is 8.10. The molecular formula is C13H19ClN2O. The number of carbonyl (C=O) groups excluding carboxylic acids is 1. The molecule has 0 bridgehead atoms. The topological polar surface area (TPSA) is 42.0 Å². The van der Waals surface area contributed by atoms with Crippen LogP contribution >= 0.6 is 11.6 Å². The number of hydrogen-bond acceptors (Lipinski definition) is 2. The van der Waals surface area contributed by atoms with Crippen LogP contribution in [-0.2, 0) is 0 Å². The smallest absolute Gasteiger partial charge is 0.254 e. The zero-order chi connectivity index (χ0) is 12.8. The van der Waals surface area contributed by atoms with E-state index < -0.39 is 0 Å². The molecule has 0 aromatic carbocycles. The SMILES string of the molecule is CCC(CC)C(C)NC(=O)c1cnccc1Cl. The van der Waals surface area contributed by atoms with Crippen molar-refractivity contribution >= 4 is 17.5 Å². The fourth-order valence-electron chi connectivity index (χ4n) is 1.94. The van der Waals surface area contributed by atoms with Crippen molar-refractivity contribution in [3.63, 3.8) is 0 Å². The Morgan fingerprint density at radius 1 is 1.47 bits per heavy atom. The monoisotopic (exact) mass is 254 g/mol. The van der Waals surface area contributed by atoms with Crippen LogP contribution in [0.2, 0.25) is 5.02 Å². The van der Waals surface area contributed by atoms with Gasteiger partial charge in [0.25, 0.3) is 5.91 Å². The number of aromatic nitrogens is 1. The van der Waals surface area contributed by atoms with E-state index in [1.165, 1.54) is 6.20 Å². The second kappa shape index (κ2) is 6.60. The minimum absolute atomic E-state index is 0.147. The number of halogens is 1. The molecule has 0 spiro atoms. The lowest BCUT2D eigenvalue weighted by atomic mass is 9.95. The zero-order valence-corrected chi connectivity index (χ0v) is 11.3. The summed E-state index contributed by atoms with van der Waals surface area (Å²) < 4.78 is 0. The second-order valence-corrected chi connectivity index (χ2v) is 4.60. The molecule has 1 aromatic rings. The van der Waals surface area contributed by atoms with Gasteiger partial charge in [0.05, 0.1) is 10.6 Å². The first-order valence-electron chi connectivity index (χ1n) is 6.00.